The third-order valence-corrected chi connectivity index (χ3v) is 4.56. The Kier molecular flexibility index (Phi) is 3.87. The summed E-state index contributed by atoms with van der Waals surface area (Å²) in [5, 5.41) is 0. The van der Waals surface area contributed by atoms with E-state index in [1.165, 1.54) is 16.4 Å². The molecule has 4 nitrogen and oxygen atoms in total. The van der Waals surface area contributed by atoms with Crippen molar-refractivity contribution in [2.45, 2.75) is 26.2 Å². The number of benzene rings is 1. The Balaban J connectivity index is 2.20. The third kappa shape index (κ3) is 3.00. The van der Waals surface area contributed by atoms with E-state index in [1.807, 2.05) is 6.92 Å². The van der Waals surface area contributed by atoms with Crippen LogP contribution in [0.25, 0.3) is 0 Å². The molecule has 0 aromatic heterocycles. The van der Waals surface area contributed by atoms with Gasteiger partial charge in [-0.2, -0.15) is 12.7 Å². The van der Waals surface area contributed by atoms with E-state index in [-0.39, 0.29) is 0 Å². The zero-order valence-electron chi connectivity index (χ0n) is 10.3. The average Bonchev–Trinajstić information content (AvgIpc) is 2.81. The molecule has 0 bridgehead atoms. The van der Waals surface area contributed by atoms with Gasteiger partial charge in [-0.25, -0.2) is 4.39 Å². The van der Waals surface area contributed by atoms with E-state index >= 15 is 0 Å². The second-order valence-electron chi connectivity index (χ2n) is 4.41. The molecule has 0 aliphatic carbocycles. The van der Waals surface area contributed by atoms with E-state index in [0.29, 0.717) is 25.2 Å². The molecule has 0 radical (unpaired) electrons. The molecule has 2 rings (SSSR count). The fourth-order valence-electron chi connectivity index (χ4n) is 2.06. The maximum atomic E-state index is 13.3. The molecular weight excluding hydrogens is 255 g/mol. The molecule has 1 heterocycles. The molecular formula is C12H17FN2O2S. The number of aryl methyl sites for hydroxylation is 1. The van der Waals surface area contributed by atoms with Crippen LogP contribution in [0.15, 0.2) is 18.2 Å². The second kappa shape index (κ2) is 5.24. The van der Waals surface area contributed by atoms with Gasteiger partial charge in [-0.15, -0.1) is 0 Å². The maximum absolute atomic E-state index is 13.3. The van der Waals surface area contributed by atoms with E-state index in [9.17, 15) is 12.8 Å². The largest absolute Gasteiger partial charge is 0.301 e. The summed E-state index contributed by atoms with van der Waals surface area (Å²) in [4.78, 5) is 0. The molecule has 0 atom stereocenters. The Hall–Kier alpha value is -1.14. The first-order valence-electron chi connectivity index (χ1n) is 6.08. The van der Waals surface area contributed by atoms with Crippen molar-refractivity contribution in [1.29, 1.82) is 0 Å². The molecule has 1 aliphatic rings. The van der Waals surface area contributed by atoms with Crippen molar-refractivity contribution < 1.29 is 12.8 Å². The van der Waals surface area contributed by atoms with Crippen LogP contribution in [0, 0.1) is 5.82 Å². The highest BCUT2D eigenvalue weighted by atomic mass is 32.2. The Labute approximate surface area is 107 Å². The normalized spacial score (nSPS) is 17.0. The molecule has 1 saturated heterocycles. The molecule has 0 spiro atoms. The van der Waals surface area contributed by atoms with Crippen LogP contribution < -0.4 is 4.72 Å². The predicted octanol–water partition coefficient (Wildman–Crippen LogP) is 2.14. The van der Waals surface area contributed by atoms with Gasteiger partial charge in [0.25, 0.3) is 0 Å². The first kappa shape index (κ1) is 13.3. The van der Waals surface area contributed by atoms with Crippen LogP contribution in [0.5, 0.6) is 0 Å². The molecule has 0 saturated carbocycles. The predicted molar refractivity (Wildman–Crippen MR) is 69.1 cm³/mol. The second-order valence-corrected chi connectivity index (χ2v) is 6.09. The Bertz CT molecular complexity index is 525. The van der Waals surface area contributed by atoms with Crippen molar-refractivity contribution in [3.8, 4) is 0 Å². The molecule has 18 heavy (non-hydrogen) atoms. The van der Waals surface area contributed by atoms with Crippen LogP contribution in [-0.2, 0) is 16.6 Å². The van der Waals surface area contributed by atoms with Gasteiger partial charge in [0, 0.05) is 13.1 Å². The van der Waals surface area contributed by atoms with E-state index in [1.54, 1.807) is 6.07 Å². The molecule has 0 amide bonds. The number of nitrogens with one attached hydrogen (secondary N) is 1. The van der Waals surface area contributed by atoms with Gasteiger partial charge >= 0.3 is 10.2 Å². The minimum Gasteiger partial charge on any atom is -0.271 e. The van der Waals surface area contributed by atoms with Gasteiger partial charge in [0.05, 0.1) is 5.69 Å². The van der Waals surface area contributed by atoms with Gasteiger partial charge in [0.2, 0.25) is 0 Å². The molecule has 0 unspecified atom stereocenters. The number of anilines is 1. The Morgan fingerprint density at radius 2 is 1.94 bits per heavy atom. The summed E-state index contributed by atoms with van der Waals surface area (Å²) in [6, 6.07) is 4.27. The van der Waals surface area contributed by atoms with Crippen molar-refractivity contribution in [2.24, 2.45) is 0 Å². The van der Waals surface area contributed by atoms with Crippen LogP contribution in [0.1, 0.15) is 25.3 Å². The van der Waals surface area contributed by atoms with Crippen LogP contribution in [0.3, 0.4) is 0 Å². The van der Waals surface area contributed by atoms with Crippen molar-refractivity contribution in [1.82, 2.24) is 4.31 Å². The summed E-state index contributed by atoms with van der Waals surface area (Å²) in [7, 11) is -3.54. The zero-order chi connectivity index (χ0) is 13.2. The lowest BCUT2D eigenvalue weighted by molar-refractivity contribution is 0.482. The summed E-state index contributed by atoms with van der Waals surface area (Å²) in [5.41, 5.74) is 1.06. The van der Waals surface area contributed by atoms with E-state index < -0.39 is 16.0 Å². The topological polar surface area (TPSA) is 49.4 Å². The number of hydrogen-bond acceptors (Lipinski definition) is 2. The van der Waals surface area contributed by atoms with E-state index in [2.05, 4.69) is 4.72 Å². The van der Waals surface area contributed by atoms with Crippen LogP contribution in [0.2, 0.25) is 0 Å². The smallest absolute Gasteiger partial charge is 0.271 e. The van der Waals surface area contributed by atoms with Gasteiger partial charge in [0.1, 0.15) is 5.82 Å². The quantitative estimate of drug-likeness (QED) is 0.913. The van der Waals surface area contributed by atoms with Gasteiger partial charge in [0.15, 0.2) is 0 Å². The lowest BCUT2D eigenvalue weighted by Crippen LogP contribution is -2.33. The molecule has 1 fully saturated rings. The fraction of sp³-hybridized carbons (Fsp3) is 0.500. The van der Waals surface area contributed by atoms with Crippen LogP contribution in [-0.4, -0.2) is 25.8 Å². The Morgan fingerprint density at radius 1 is 1.28 bits per heavy atom. The standard InChI is InChI=1S/C12H17FN2O2S/c1-2-10-7-11(13)9-12(8-10)14-18(16,17)15-5-3-4-6-15/h7-9,14H,2-6H2,1H3. The summed E-state index contributed by atoms with van der Waals surface area (Å²) in [6.07, 6.45) is 2.42. The summed E-state index contributed by atoms with van der Waals surface area (Å²) in [6.45, 7) is 2.96. The minimum absolute atomic E-state index is 0.291. The van der Waals surface area contributed by atoms with Crippen molar-refractivity contribution in [3.63, 3.8) is 0 Å². The number of halogens is 1. The zero-order valence-corrected chi connectivity index (χ0v) is 11.1. The SMILES string of the molecule is CCc1cc(F)cc(NS(=O)(=O)N2CCCC2)c1. The Morgan fingerprint density at radius 3 is 2.56 bits per heavy atom. The lowest BCUT2D eigenvalue weighted by atomic mass is 10.1. The molecule has 1 aromatic carbocycles. The number of nitrogens with zero attached hydrogens (tertiary/aromatic N) is 1. The van der Waals surface area contributed by atoms with Gasteiger partial charge in [-0.3, -0.25) is 4.72 Å². The summed E-state index contributed by atoms with van der Waals surface area (Å²) in [5.74, 6) is -0.423. The van der Waals surface area contributed by atoms with Crippen LogP contribution in [0.4, 0.5) is 10.1 Å². The van der Waals surface area contributed by atoms with Gasteiger partial charge in [-0.1, -0.05) is 6.92 Å². The van der Waals surface area contributed by atoms with E-state index in [0.717, 1.165) is 18.4 Å². The summed E-state index contributed by atoms with van der Waals surface area (Å²) >= 11 is 0. The minimum atomic E-state index is -3.54. The number of hydrogen-bond donors (Lipinski definition) is 1. The van der Waals surface area contributed by atoms with Crippen molar-refractivity contribution >= 4 is 15.9 Å². The molecule has 1 N–H and O–H groups in total. The third-order valence-electron chi connectivity index (χ3n) is 3.02. The molecule has 1 aromatic rings. The van der Waals surface area contributed by atoms with Gasteiger partial charge < -0.3 is 0 Å². The van der Waals surface area contributed by atoms with Crippen molar-refractivity contribution in [3.05, 3.63) is 29.6 Å². The first-order valence-corrected chi connectivity index (χ1v) is 7.52. The highest BCUT2D eigenvalue weighted by Gasteiger charge is 2.25. The first-order chi connectivity index (χ1) is 8.51. The van der Waals surface area contributed by atoms with Gasteiger partial charge in [-0.05, 0) is 43.0 Å². The molecule has 1 aliphatic heterocycles. The monoisotopic (exact) mass is 272 g/mol. The highest BCUT2D eigenvalue weighted by molar-refractivity contribution is 7.90. The fourth-order valence-corrected chi connectivity index (χ4v) is 3.34. The maximum Gasteiger partial charge on any atom is 0.301 e. The summed E-state index contributed by atoms with van der Waals surface area (Å²) < 4.78 is 41.2. The lowest BCUT2D eigenvalue weighted by Gasteiger charge is -2.17. The van der Waals surface area contributed by atoms with Crippen LogP contribution >= 0.6 is 0 Å². The number of rotatable bonds is 4. The molecule has 100 valence electrons. The average molecular weight is 272 g/mol. The van der Waals surface area contributed by atoms with E-state index in [4.69, 9.17) is 0 Å². The van der Waals surface area contributed by atoms with Crippen molar-refractivity contribution in [2.75, 3.05) is 17.8 Å². The highest BCUT2D eigenvalue weighted by Crippen LogP contribution is 2.19. The molecule has 6 heteroatoms.